The molecule has 0 aromatic heterocycles. The number of hydrogen-bond donors (Lipinski definition) is 0. The number of nitrogens with zero attached hydrogens (tertiary/aromatic N) is 1. The predicted molar refractivity (Wildman–Crippen MR) is 98.4 cm³/mol. The number of ether oxygens (including phenoxy) is 1. The standard InChI is InChI=1S/C20H25NO.ClH/c1-21-14-12-20(22-2,13-15-21)19-11-7-6-10-18(19)16-17-8-4-3-5-9-17;/h3-11H,12-16H2,1-2H3;1H. The van der Waals surface area contributed by atoms with E-state index in [1.165, 1.54) is 16.7 Å². The first kappa shape index (κ1) is 18.0. The highest BCUT2D eigenvalue weighted by molar-refractivity contribution is 5.85. The summed E-state index contributed by atoms with van der Waals surface area (Å²) in [5.41, 5.74) is 3.99. The first-order valence-electron chi connectivity index (χ1n) is 8.09. The SMILES string of the molecule is COC1(c2ccccc2Cc2ccccc2)CCN(C)CC1.Cl. The van der Waals surface area contributed by atoms with Crippen molar-refractivity contribution < 1.29 is 4.74 Å². The molecule has 0 radical (unpaired) electrons. The Balaban J connectivity index is 0.00000192. The van der Waals surface area contributed by atoms with Crippen LogP contribution in [0.25, 0.3) is 0 Å². The fourth-order valence-electron chi connectivity index (χ4n) is 3.50. The molecule has 1 aliphatic heterocycles. The van der Waals surface area contributed by atoms with Crippen LogP contribution in [0, 0.1) is 0 Å². The third-order valence-electron chi connectivity index (χ3n) is 4.93. The van der Waals surface area contributed by atoms with Gasteiger partial charge < -0.3 is 9.64 Å². The van der Waals surface area contributed by atoms with E-state index in [-0.39, 0.29) is 18.0 Å². The molecule has 124 valence electrons. The zero-order chi connectivity index (χ0) is 15.4. The summed E-state index contributed by atoms with van der Waals surface area (Å²) in [6.45, 7) is 2.18. The number of piperidine rings is 1. The van der Waals surface area contributed by atoms with Crippen LogP contribution in [0.15, 0.2) is 54.6 Å². The van der Waals surface area contributed by atoms with Crippen LogP contribution < -0.4 is 0 Å². The maximum absolute atomic E-state index is 6.06. The number of halogens is 1. The smallest absolute Gasteiger partial charge is 0.0954 e. The van der Waals surface area contributed by atoms with Crippen LogP contribution in [-0.4, -0.2) is 32.1 Å². The predicted octanol–water partition coefficient (Wildman–Crippen LogP) is 4.27. The van der Waals surface area contributed by atoms with Crippen molar-refractivity contribution in [1.82, 2.24) is 4.90 Å². The van der Waals surface area contributed by atoms with Gasteiger partial charge >= 0.3 is 0 Å². The van der Waals surface area contributed by atoms with Gasteiger partial charge in [-0.05, 0) is 43.0 Å². The van der Waals surface area contributed by atoms with Crippen molar-refractivity contribution in [2.45, 2.75) is 24.9 Å². The summed E-state index contributed by atoms with van der Waals surface area (Å²) in [7, 11) is 4.06. The Bertz CT molecular complexity index is 606. The molecule has 0 N–H and O–H groups in total. The van der Waals surface area contributed by atoms with E-state index in [1.807, 2.05) is 7.11 Å². The lowest BCUT2D eigenvalue weighted by atomic mass is 9.80. The molecule has 0 saturated carbocycles. The molecule has 0 bridgehead atoms. The molecule has 23 heavy (non-hydrogen) atoms. The van der Waals surface area contributed by atoms with Crippen LogP contribution in [-0.2, 0) is 16.8 Å². The Kier molecular flexibility index (Phi) is 6.23. The van der Waals surface area contributed by atoms with Gasteiger partial charge in [-0.3, -0.25) is 0 Å². The summed E-state index contributed by atoms with van der Waals surface area (Å²) in [6, 6.07) is 19.5. The molecule has 0 unspecified atom stereocenters. The molecular formula is C20H26ClNO. The number of benzene rings is 2. The Morgan fingerprint density at radius 2 is 1.57 bits per heavy atom. The molecule has 1 heterocycles. The molecule has 0 amide bonds. The average molecular weight is 332 g/mol. The van der Waals surface area contributed by atoms with Crippen molar-refractivity contribution in [3.63, 3.8) is 0 Å². The van der Waals surface area contributed by atoms with Gasteiger partial charge in [0.25, 0.3) is 0 Å². The van der Waals surface area contributed by atoms with Crippen LogP contribution >= 0.6 is 12.4 Å². The topological polar surface area (TPSA) is 12.5 Å². The molecule has 0 aliphatic carbocycles. The van der Waals surface area contributed by atoms with Gasteiger partial charge in [0.05, 0.1) is 5.60 Å². The quantitative estimate of drug-likeness (QED) is 0.829. The molecule has 2 aromatic carbocycles. The third kappa shape index (κ3) is 3.95. The van der Waals surface area contributed by atoms with E-state index in [1.54, 1.807) is 0 Å². The summed E-state index contributed by atoms with van der Waals surface area (Å²) in [5.74, 6) is 0. The highest BCUT2D eigenvalue weighted by Gasteiger charge is 2.36. The number of likely N-dealkylation sites (tertiary alicyclic amines) is 1. The lowest BCUT2D eigenvalue weighted by Gasteiger charge is -2.41. The fraction of sp³-hybridized carbons (Fsp3) is 0.400. The first-order valence-corrected chi connectivity index (χ1v) is 8.09. The lowest BCUT2D eigenvalue weighted by molar-refractivity contribution is -0.0590. The number of methoxy groups -OCH3 is 1. The van der Waals surface area contributed by atoms with Gasteiger partial charge in [0.2, 0.25) is 0 Å². The molecule has 0 atom stereocenters. The normalized spacial score (nSPS) is 17.5. The Hall–Kier alpha value is -1.35. The van der Waals surface area contributed by atoms with E-state index in [0.717, 1.165) is 32.4 Å². The van der Waals surface area contributed by atoms with Gasteiger partial charge in [-0.2, -0.15) is 0 Å². The highest BCUT2D eigenvalue weighted by atomic mass is 35.5. The molecule has 1 saturated heterocycles. The van der Waals surface area contributed by atoms with E-state index in [0.29, 0.717) is 0 Å². The second-order valence-corrected chi connectivity index (χ2v) is 6.32. The van der Waals surface area contributed by atoms with Crippen molar-refractivity contribution in [2.75, 3.05) is 27.2 Å². The molecule has 3 rings (SSSR count). The van der Waals surface area contributed by atoms with Gasteiger partial charge in [-0.25, -0.2) is 0 Å². The first-order chi connectivity index (χ1) is 10.7. The van der Waals surface area contributed by atoms with Crippen LogP contribution in [0.1, 0.15) is 29.5 Å². The summed E-state index contributed by atoms with van der Waals surface area (Å²) in [4.78, 5) is 2.39. The largest absolute Gasteiger partial charge is 0.373 e. The minimum atomic E-state index is -0.127. The van der Waals surface area contributed by atoms with Crippen molar-refractivity contribution in [3.05, 3.63) is 71.3 Å². The second kappa shape index (κ2) is 7.96. The van der Waals surface area contributed by atoms with Gasteiger partial charge in [-0.15, -0.1) is 12.4 Å². The van der Waals surface area contributed by atoms with Gasteiger partial charge in [-0.1, -0.05) is 54.6 Å². The van der Waals surface area contributed by atoms with Crippen LogP contribution in [0.2, 0.25) is 0 Å². The average Bonchev–Trinajstić information content (AvgIpc) is 2.58. The highest BCUT2D eigenvalue weighted by Crippen LogP contribution is 2.38. The molecular weight excluding hydrogens is 306 g/mol. The molecule has 1 aliphatic rings. The summed E-state index contributed by atoms with van der Waals surface area (Å²) in [5, 5.41) is 0. The van der Waals surface area contributed by atoms with E-state index in [4.69, 9.17) is 4.74 Å². The summed E-state index contributed by atoms with van der Waals surface area (Å²) in [6.07, 6.45) is 3.09. The van der Waals surface area contributed by atoms with E-state index in [2.05, 4.69) is 66.5 Å². The maximum atomic E-state index is 6.06. The zero-order valence-electron chi connectivity index (χ0n) is 14.0. The van der Waals surface area contributed by atoms with Crippen molar-refractivity contribution >= 4 is 12.4 Å². The van der Waals surface area contributed by atoms with Gasteiger partial charge in [0.1, 0.15) is 0 Å². The molecule has 3 heteroatoms. The summed E-state index contributed by atoms with van der Waals surface area (Å²) >= 11 is 0. The molecule has 2 nitrogen and oxygen atoms in total. The zero-order valence-corrected chi connectivity index (χ0v) is 14.8. The van der Waals surface area contributed by atoms with E-state index in [9.17, 15) is 0 Å². The Morgan fingerprint density at radius 1 is 0.957 bits per heavy atom. The van der Waals surface area contributed by atoms with Crippen molar-refractivity contribution in [1.29, 1.82) is 0 Å². The third-order valence-corrected chi connectivity index (χ3v) is 4.93. The van der Waals surface area contributed by atoms with Crippen LogP contribution in [0.3, 0.4) is 0 Å². The van der Waals surface area contributed by atoms with Gasteiger partial charge in [0.15, 0.2) is 0 Å². The Labute approximate surface area is 145 Å². The minimum absolute atomic E-state index is 0. The molecule has 2 aromatic rings. The second-order valence-electron chi connectivity index (χ2n) is 6.32. The number of hydrogen-bond acceptors (Lipinski definition) is 2. The maximum Gasteiger partial charge on any atom is 0.0954 e. The Morgan fingerprint density at radius 3 is 2.22 bits per heavy atom. The molecule has 1 fully saturated rings. The monoisotopic (exact) mass is 331 g/mol. The minimum Gasteiger partial charge on any atom is -0.373 e. The van der Waals surface area contributed by atoms with E-state index >= 15 is 0 Å². The van der Waals surface area contributed by atoms with Crippen LogP contribution in [0.5, 0.6) is 0 Å². The van der Waals surface area contributed by atoms with E-state index < -0.39 is 0 Å². The lowest BCUT2D eigenvalue weighted by Crippen LogP contribution is -2.42. The van der Waals surface area contributed by atoms with Crippen LogP contribution in [0.4, 0.5) is 0 Å². The number of rotatable bonds is 4. The molecule has 0 spiro atoms. The van der Waals surface area contributed by atoms with Crippen molar-refractivity contribution in [2.24, 2.45) is 0 Å². The summed E-state index contributed by atoms with van der Waals surface area (Å²) < 4.78 is 6.06. The van der Waals surface area contributed by atoms with Gasteiger partial charge in [0, 0.05) is 20.2 Å². The fourth-order valence-corrected chi connectivity index (χ4v) is 3.50. The van der Waals surface area contributed by atoms with Crippen molar-refractivity contribution in [3.8, 4) is 0 Å².